The minimum Gasteiger partial charge on any atom is -0.336 e. The van der Waals surface area contributed by atoms with Gasteiger partial charge in [-0.25, -0.2) is 8.42 Å². The first kappa shape index (κ1) is 19.8. The van der Waals surface area contributed by atoms with Gasteiger partial charge in [-0.3, -0.25) is 4.79 Å². The summed E-state index contributed by atoms with van der Waals surface area (Å²) in [5.74, 6) is 0.665. The molecule has 0 aliphatic heterocycles. The molecule has 2 saturated carbocycles. The molecule has 1 aromatic rings. The zero-order valence-corrected chi connectivity index (χ0v) is 17.8. The third kappa shape index (κ3) is 4.49. The van der Waals surface area contributed by atoms with Gasteiger partial charge in [-0.1, -0.05) is 22.9 Å². The van der Waals surface area contributed by atoms with Crippen molar-refractivity contribution in [2.24, 2.45) is 5.92 Å². The second-order valence-electron chi connectivity index (χ2n) is 7.66. The lowest BCUT2D eigenvalue weighted by Gasteiger charge is -2.37. The van der Waals surface area contributed by atoms with Crippen LogP contribution >= 0.6 is 15.9 Å². The predicted molar refractivity (Wildman–Crippen MR) is 105 cm³/mol. The van der Waals surface area contributed by atoms with Crippen LogP contribution in [-0.2, 0) is 14.8 Å². The van der Waals surface area contributed by atoms with Gasteiger partial charge in [0.15, 0.2) is 0 Å². The van der Waals surface area contributed by atoms with E-state index in [0.29, 0.717) is 6.04 Å². The molecule has 0 aromatic heterocycles. The van der Waals surface area contributed by atoms with E-state index in [2.05, 4.69) is 22.9 Å². The molecule has 0 heterocycles. The smallest absolute Gasteiger partial charge is 0.243 e. The van der Waals surface area contributed by atoms with Crippen LogP contribution in [-0.4, -0.2) is 49.2 Å². The molecule has 0 unspecified atom stereocenters. The molecule has 2 aliphatic carbocycles. The number of halogens is 1. The molecule has 0 radical (unpaired) electrons. The van der Waals surface area contributed by atoms with Gasteiger partial charge in [0.2, 0.25) is 15.9 Å². The molecule has 2 aliphatic rings. The van der Waals surface area contributed by atoms with Gasteiger partial charge in [-0.15, -0.1) is 0 Å². The minimum absolute atomic E-state index is 0.0600. The van der Waals surface area contributed by atoms with E-state index in [0.717, 1.165) is 48.9 Å². The third-order valence-corrected chi connectivity index (χ3v) is 7.83. The van der Waals surface area contributed by atoms with E-state index in [9.17, 15) is 13.2 Å². The molecule has 1 amide bonds. The van der Waals surface area contributed by atoms with Crippen LogP contribution < -0.4 is 0 Å². The number of hydrogen-bond donors (Lipinski definition) is 0. The average Bonchev–Trinajstić information content (AvgIpc) is 3.42. The second-order valence-corrected chi connectivity index (χ2v) is 10.6. The molecule has 7 heteroatoms. The summed E-state index contributed by atoms with van der Waals surface area (Å²) < 4.78 is 27.5. The summed E-state index contributed by atoms with van der Waals surface area (Å²) in [5, 5.41) is 0. The summed E-state index contributed by atoms with van der Waals surface area (Å²) in [6.45, 7) is 2.17. The van der Waals surface area contributed by atoms with Gasteiger partial charge >= 0.3 is 0 Å². The SMILES string of the molecule is CC1CCC(N(C(=O)CN(C)S(=O)(=O)c2ccc(Br)cc2)C2CC2)CC1. The van der Waals surface area contributed by atoms with Crippen LogP contribution in [0.2, 0.25) is 0 Å². The van der Waals surface area contributed by atoms with Gasteiger partial charge < -0.3 is 4.90 Å². The van der Waals surface area contributed by atoms with Gasteiger partial charge in [-0.2, -0.15) is 4.31 Å². The fourth-order valence-electron chi connectivity index (χ4n) is 3.72. The van der Waals surface area contributed by atoms with E-state index in [1.807, 2.05) is 4.90 Å². The highest BCUT2D eigenvalue weighted by atomic mass is 79.9. The van der Waals surface area contributed by atoms with E-state index >= 15 is 0 Å². The summed E-state index contributed by atoms with van der Waals surface area (Å²) in [7, 11) is -2.17. The number of carbonyl (C=O) groups is 1. The van der Waals surface area contributed by atoms with Crippen molar-refractivity contribution < 1.29 is 13.2 Å². The van der Waals surface area contributed by atoms with Crippen molar-refractivity contribution in [3.05, 3.63) is 28.7 Å². The molecule has 0 bridgehead atoms. The fourth-order valence-corrected chi connectivity index (χ4v) is 5.11. The summed E-state index contributed by atoms with van der Waals surface area (Å²) in [4.78, 5) is 15.2. The van der Waals surface area contributed by atoms with Crippen molar-refractivity contribution in [2.75, 3.05) is 13.6 Å². The monoisotopic (exact) mass is 442 g/mol. The normalized spacial score (nSPS) is 23.8. The largest absolute Gasteiger partial charge is 0.336 e. The van der Waals surface area contributed by atoms with E-state index in [4.69, 9.17) is 0 Å². The maximum Gasteiger partial charge on any atom is 0.243 e. The molecular formula is C19H27BrN2O3S. The molecule has 0 spiro atoms. The van der Waals surface area contributed by atoms with Crippen molar-refractivity contribution in [3.8, 4) is 0 Å². The molecule has 0 atom stereocenters. The number of carbonyl (C=O) groups excluding carboxylic acids is 1. The third-order valence-electron chi connectivity index (χ3n) is 5.49. The standard InChI is InChI=1S/C19H27BrN2O3S/c1-14-3-7-16(8-4-14)22(17-9-10-17)19(23)13-21(2)26(24,25)18-11-5-15(20)6-12-18/h5-6,11-12,14,16-17H,3-4,7-10,13H2,1-2H3. The van der Waals surface area contributed by atoms with Crippen LogP contribution in [0.3, 0.4) is 0 Å². The predicted octanol–water partition coefficient (Wildman–Crippen LogP) is 3.64. The Hall–Kier alpha value is -0.920. The Balaban J connectivity index is 1.69. The van der Waals surface area contributed by atoms with Gasteiger partial charge in [0.05, 0.1) is 11.4 Å². The summed E-state index contributed by atoms with van der Waals surface area (Å²) in [5.41, 5.74) is 0. The lowest BCUT2D eigenvalue weighted by Crippen LogP contribution is -2.48. The first-order valence-electron chi connectivity index (χ1n) is 9.32. The fraction of sp³-hybridized carbons (Fsp3) is 0.632. The molecule has 2 fully saturated rings. The maximum atomic E-state index is 13.0. The van der Waals surface area contributed by atoms with Crippen LogP contribution in [0.15, 0.2) is 33.6 Å². The zero-order valence-electron chi connectivity index (χ0n) is 15.4. The number of rotatable bonds is 6. The lowest BCUT2D eigenvalue weighted by atomic mass is 9.86. The van der Waals surface area contributed by atoms with Crippen LogP contribution in [0, 0.1) is 5.92 Å². The van der Waals surface area contributed by atoms with E-state index in [1.54, 1.807) is 24.3 Å². The first-order valence-corrected chi connectivity index (χ1v) is 11.6. The van der Waals surface area contributed by atoms with Gasteiger partial charge in [0.1, 0.15) is 0 Å². The van der Waals surface area contributed by atoms with Crippen molar-refractivity contribution >= 4 is 31.9 Å². The van der Waals surface area contributed by atoms with Crippen LogP contribution in [0.1, 0.15) is 45.4 Å². The number of benzene rings is 1. The summed E-state index contributed by atoms with van der Waals surface area (Å²) in [6, 6.07) is 7.09. The van der Waals surface area contributed by atoms with E-state index in [1.165, 1.54) is 11.4 Å². The van der Waals surface area contributed by atoms with Crippen LogP contribution in [0.25, 0.3) is 0 Å². The molecule has 0 saturated heterocycles. The Morgan fingerprint density at radius 2 is 1.54 bits per heavy atom. The number of likely N-dealkylation sites (N-methyl/N-ethyl adjacent to an activating group) is 1. The highest BCUT2D eigenvalue weighted by Crippen LogP contribution is 2.35. The quantitative estimate of drug-likeness (QED) is 0.675. The van der Waals surface area contributed by atoms with Crippen LogP contribution in [0.4, 0.5) is 0 Å². The van der Waals surface area contributed by atoms with Crippen molar-refractivity contribution in [2.45, 2.75) is 62.4 Å². The lowest BCUT2D eigenvalue weighted by molar-refractivity contribution is -0.135. The average molecular weight is 443 g/mol. The van der Waals surface area contributed by atoms with Gasteiger partial charge in [0.25, 0.3) is 0 Å². The number of hydrogen-bond acceptors (Lipinski definition) is 3. The summed E-state index contributed by atoms with van der Waals surface area (Å²) in [6.07, 6.45) is 6.45. The van der Waals surface area contributed by atoms with Crippen molar-refractivity contribution in [1.82, 2.24) is 9.21 Å². The Morgan fingerprint density at radius 1 is 1.04 bits per heavy atom. The molecule has 5 nitrogen and oxygen atoms in total. The van der Waals surface area contributed by atoms with Crippen molar-refractivity contribution in [3.63, 3.8) is 0 Å². The maximum absolute atomic E-state index is 13.0. The summed E-state index contributed by atoms with van der Waals surface area (Å²) >= 11 is 3.31. The Labute approximate surface area is 164 Å². The minimum atomic E-state index is -3.66. The van der Waals surface area contributed by atoms with E-state index in [-0.39, 0.29) is 23.4 Å². The molecular weight excluding hydrogens is 416 g/mol. The Morgan fingerprint density at radius 3 is 2.04 bits per heavy atom. The van der Waals surface area contributed by atoms with E-state index < -0.39 is 10.0 Å². The number of nitrogens with zero attached hydrogens (tertiary/aromatic N) is 2. The zero-order chi connectivity index (χ0) is 18.9. The molecule has 26 heavy (non-hydrogen) atoms. The topological polar surface area (TPSA) is 57.7 Å². The molecule has 0 N–H and O–H groups in total. The molecule has 144 valence electrons. The molecule has 1 aromatic carbocycles. The second kappa shape index (κ2) is 7.98. The molecule has 3 rings (SSSR count). The Kier molecular flexibility index (Phi) is 6.09. The highest BCUT2D eigenvalue weighted by molar-refractivity contribution is 9.10. The first-order chi connectivity index (χ1) is 12.3. The Bertz CT molecular complexity index is 739. The number of sulfonamides is 1. The van der Waals surface area contributed by atoms with Gasteiger partial charge in [-0.05, 0) is 68.7 Å². The number of amides is 1. The van der Waals surface area contributed by atoms with Crippen molar-refractivity contribution in [1.29, 1.82) is 0 Å². The van der Waals surface area contributed by atoms with Gasteiger partial charge in [0, 0.05) is 23.6 Å². The van der Waals surface area contributed by atoms with Crippen LogP contribution in [0.5, 0.6) is 0 Å². The highest BCUT2D eigenvalue weighted by Gasteiger charge is 2.39.